The summed E-state index contributed by atoms with van der Waals surface area (Å²) >= 11 is 0. The van der Waals surface area contributed by atoms with Crippen molar-refractivity contribution in [1.29, 1.82) is 0 Å². The molecule has 174 valence electrons. The Labute approximate surface area is 188 Å². The average molecular weight is 417 g/mol. The highest BCUT2D eigenvalue weighted by atomic mass is 16.3. The molecule has 0 amide bonds. The molecule has 0 aliphatic heterocycles. The van der Waals surface area contributed by atoms with Gasteiger partial charge in [-0.1, -0.05) is 61.3 Å². The third-order valence-corrected chi connectivity index (χ3v) is 12.1. The fraction of sp³-hybridized carbons (Fsp3) is 1.00. The molecule has 11 atom stereocenters. The number of hydrogen-bond acceptors (Lipinski definition) is 1. The summed E-state index contributed by atoms with van der Waals surface area (Å²) in [5, 5.41) is 10.5. The summed E-state index contributed by atoms with van der Waals surface area (Å²) in [4.78, 5) is 0. The van der Waals surface area contributed by atoms with Gasteiger partial charge in [-0.05, 0) is 115 Å². The van der Waals surface area contributed by atoms with Gasteiger partial charge in [0.2, 0.25) is 0 Å². The molecule has 0 aromatic rings. The molecule has 4 aliphatic rings. The van der Waals surface area contributed by atoms with E-state index in [0.29, 0.717) is 16.7 Å². The molecule has 4 aliphatic carbocycles. The van der Waals surface area contributed by atoms with Gasteiger partial charge in [-0.3, -0.25) is 0 Å². The molecule has 0 bridgehead atoms. The second kappa shape index (κ2) is 8.39. The molecular weight excluding hydrogens is 364 g/mol. The van der Waals surface area contributed by atoms with Crippen LogP contribution in [0.25, 0.3) is 0 Å². The summed E-state index contributed by atoms with van der Waals surface area (Å²) in [6.07, 6.45) is 13.9. The summed E-state index contributed by atoms with van der Waals surface area (Å²) in [5.74, 6) is 7.70. The van der Waals surface area contributed by atoms with Gasteiger partial charge >= 0.3 is 0 Å². The van der Waals surface area contributed by atoms with Gasteiger partial charge < -0.3 is 5.11 Å². The monoisotopic (exact) mass is 416 g/mol. The van der Waals surface area contributed by atoms with Crippen LogP contribution in [0.4, 0.5) is 0 Å². The van der Waals surface area contributed by atoms with Crippen molar-refractivity contribution in [1.82, 2.24) is 0 Å². The molecule has 4 rings (SSSR count). The minimum Gasteiger partial charge on any atom is -0.393 e. The first-order chi connectivity index (χ1) is 14.1. The van der Waals surface area contributed by atoms with E-state index in [1.807, 2.05) is 0 Å². The Hall–Kier alpha value is -0.0400. The van der Waals surface area contributed by atoms with E-state index in [0.717, 1.165) is 53.8 Å². The van der Waals surface area contributed by atoms with Gasteiger partial charge in [0.15, 0.2) is 0 Å². The summed E-state index contributed by atoms with van der Waals surface area (Å²) < 4.78 is 0. The van der Waals surface area contributed by atoms with Crippen LogP contribution in [0.5, 0.6) is 0 Å². The molecule has 0 aromatic carbocycles. The SMILES string of the molecule is CC(C)[C@@H](C)CC[C@@H](C)[C@H]1CCC2C3CC[C@H]4[C@H](C)[C@@H](O)CC[C@]4(C)C3CC[C@@]21C. The lowest BCUT2D eigenvalue weighted by Gasteiger charge is -2.62. The Balaban J connectivity index is 1.47. The van der Waals surface area contributed by atoms with Crippen molar-refractivity contribution in [3.8, 4) is 0 Å². The van der Waals surface area contributed by atoms with E-state index in [2.05, 4.69) is 48.5 Å². The first kappa shape index (κ1) is 23.1. The standard InChI is InChI=1S/C29H52O/c1-18(2)19(3)8-9-20(4)23-12-13-25-22-10-11-24-21(5)27(30)15-17-29(24,7)26(22)14-16-28(23,25)6/h18-27,30H,8-17H2,1-7H3/t19-,20+,21-,22?,23+,24-,25?,26?,27-,28+,29-/m0/s1. The Morgan fingerprint density at radius 1 is 0.767 bits per heavy atom. The zero-order valence-electron chi connectivity index (χ0n) is 21.3. The Kier molecular flexibility index (Phi) is 6.47. The van der Waals surface area contributed by atoms with Crippen LogP contribution < -0.4 is 0 Å². The topological polar surface area (TPSA) is 20.2 Å². The van der Waals surface area contributed by atoms with E-state index in [1.54, 1.807) is 0 Å². The van der Waals surface area contributed by atoms with Crippen molar-refractivity contribution in [2.75, 3.05) is 0 Å². The van der Waals surface area contributed by atoms with Gasteiger partial charge in [0.25, 0.3) is 0 Å². The number of aliphatic hydroxyl groups excluding tert-OH is 1. The minimum atomic E-state index is -0.0431. The van der Waals surface area contributed by atoms with Crippen LogP contribution in [0.2, 0.25) is 0 Å². The van der Waals surface area contributed by atoms with Gasteiger partial charge in [-0.2, -0.15) is 0 Å². The van der Waals surface area contributed by atoms with Crippen LogP contribution in [-0.4, -0.2) is 11.2 Å². The molecule has 4 saturated carbocycles. The highest BCUT2D eigenvalue weighted by molar-refractivity contribution is 5.10. The fourth-order valence-corrected chi connectivity index (χ4v) is 9.75. The lowest BCUT2D eigenvalue weighted by Crippen LogP contribution is -2.56. The van der Waals surface area contributed by atoms with Crippen molar-refractivity contribution >= 4 is 0 Å². The Bertz CT molecular complexity index is 597. The van der Waals surface area contributed by atoms with Crippen LogP contribution in [0, 0.1) is 64.1 Å². The van der Waals surface area contributed by atoms with Crippen molar-refractivity contribution in [2.24, 2.45) is 64.1 Å². The first-order valence-corrected chi connectivity index (χ1v) is 13.8. The Morgan fingerprint density at radius 2 is 1.40 bits per heavy atom. The lowest BCUT2D eigenvalue weighted by atomic mass is 9.43. The first-order valence-electron chi connectivity index (χ1n) is 13.8. The molecule has 0 saturated heterocycles. The molecule has 0 radical (unpaired) electrons. The smallest absolute Gasteiger partial charge is 0.0568 e. The van der Waals surface area contributed by atoms with Crippen molar-refractivity contribution in [3.05, 3.63) is 0 Å². The minimum absolute atomic E-state index is 0.0431. The predicted octanol–water partition coefficient (Wildman–Crippen LogP) is 7.96. The maximum atomic E-state index is 10.5. The molecule has 4 fully saturated rings. The van der Waals surface area contributed by atoms with Crippen LogP contribution in [-0.2, 0) is 0 Å². The molecule has 0 aromatic heterocycles. The van der Waals surface area contributed by atoms with E-state index >= 15 is 0 Å². The number of fused-ring (bicyclic) bond motifs is 5. The molecule has 1 N–H and O–H groups in total. The van der Waals surface area contributed by atoms with Gasteiger partial charge in [-0.25, -0.2) is 0 Å². The summed E-state index contributed by atoms with van der Waals surface area (Å²) in [7, 11) is 0. The third kappa shape index (κ3) is 3.62. The highest BCUT2D eigenvalue weighted by Crippen LogP contribution is 2.68. The molecule has 1 heteroatoms. The van der Waals surface area contributed by atoms with E-state index in [-0.39, 0.29) is 6.10 Å². The second-order valence-corrected chi connectivity index (χ2v) is 13.5. The maximum absolute atomic E-state index is 10.5. The van der Waals surface area contributed by atoms with Gasteiger partial charge in [0.05, 0.1) is 6.10 Å². The van der Waals surface area contributed by atoms with E-state index in [1.165, 1.54) is 57.8 Å². The van der Waals surface area contributed by atoms with Crippen molar-refractivity contribution in [2.45, 2.75) is 119 Å². The molecule has 30 heavy (non-hydrogen) atoms. The zero-order valence-corrected chi connectivity index (χ0v) is 21.3. The number of aliphatic hydroxyl groups is 1. The molecule has 3 unspecified atom stereocenters. The van der Waals surface area contributed by atoms with Crippen LogP contribution >= 0.6 is 0 Å². The number of hydrogen-bond donors (Lipinski definition) is 1. The summed E-state index contributed by atoms with van der Waals surface area (Å²) in [6, 6.07) is 0. The van der Waals surface area contributed by atoms with E-state index in [9.17, 15) is 5.11 Å². The van der Waals surface area contributed by atoms with Gasteiger partial charge in [0, 0.05) is 0 Å². The zero-order chi connectivity index (χ0) is 21.8. The second-order valence-electron chi connectivity index (χ2n) is 13.5. The molecule has 1 nitrogen and oxygen atoms in total. The predicted molar refractivity (Wildman–Crippen MR) is 128 cm³/mol. The lowest BCUT2D eigenvalue weighted by molar-refractivity contribution is -0.149. The number of rotatable bonds is 5. The van der Waals surface area contributed by atoms with Gasteiger partial charge in [0.1, 0.15) is 0 Å². The van der Waals surface area contributed by atoms with Crippen LogP contribution in [0.3, 0.4) is 0 Å². The third-order valence-electron chi connectivity index (χ3n) is 12.1. The van der Waals surface area contributed by atoms with Gasteiger partial charge in [-0.15, -0.1) is 0 Å². The van der Waals surface area contributed by atoms with Crippen molar-refractivity contribution < 1.29 is 5.11 Å². The highest BCUT2D eigenvalue weighted by Gasteiger charge is 2.61. The molecular formula is C29H52O. The summed E-state index contributed by atoms with van der Waals surface area (Å²) in [6.45, 7) is 17.6. The molecule has 0 heterocycles. The quantitative estimate of drug-likeness (QED) is 0.482. The van der Waals surface area contributed by atoms with Crippen LogP contribution in [0.15, 0.2) is 0 Å². The van der Waals surface area contributed by atoms with E-state index < -0.39 is 0 Å². The molecule has 0 spiro atoms. The summed E-state index contributed by atoms with van der Waals surface area (Å²) in [5.41, 5.74) is 1.10. The fourth-order valence-electron chi connectivity index (χ4n) is 9.75. The normalized spacial score (nSPS) is 50.5. The Morgan fingerprint density at radius 3 is 2.10 bits per heavy atom. The largest absolute Gasteiger partial charge is 0.393 e. The van der Waals surface area contributed by atoms with E-state index in [4.69, 9.17) is 0 Å². The van der Waals surface area contributed by atoms with Crippen molar-refractivity contribution in [3.63, 3.8) is 0 Å². The maximum Gasteiger partial charge on any atom is 0.0568 e. The van der Waals surface area contributed by atoms with Crippen LogP contribution in [0.1, 0.15) is 113 Å². The average Bonchev–Trinajstić information content (AvgIpc) is 3.06.